The summed E-state index contributed by atoms with van der Waals surface area (Å²) in [5, 5.41) is 22.5. The number of nitrogens with zero attached hydrogens (tertiary/aromatic N) is 1. The lowest BCUT2D eigenvalue weighted by Gasteiger charge is -2.07. The van der Waals surface area contributed by atoms with Gasteiger partial charge in [0.2, 0.25) is 0 Å². The fraction of sp³-hybridized carbons (Fsp3) is 0. The van der Waals surface area contributed by atoms with Crippen molar-refractivity contribution in [2.24, 2.45) is 0 Å². The summed E-state index contributed by atoms with van der Waals surface area (Å²) in [6, 6.07) is 9.86. The van der Waals surface area contributed by atoms with Crippen LogP contribution in [-0.4, -0.2) is 15.9 Å². The maximum absolute atomic E-state index is 12.1. The Morgan fingerprint density at radius 3 is 2.45 bits per heavy atom. The zero-order valence-corrected chi connectivity index (χ0v) is 11.6. The molecule has 2 rings (SSSR count). The summed E-state index contributed by atoms with van der Waals surface area (Å²) in [7, 11) is 0. The van der Waals surface area contributed by atoms with Crippen molar-refractivity contribution in [2.45, 2.75) is 0 Å². The highest BCUT2D eigenvalue weighted by atomic mass is 79.9. The van der Waals surface area contributed by atoms with E-state index in [2.05, 4.69) is 21.2 Å². The predicted octanol–water partition coefficient (Wildman–Crippen LogP) is 3.32. The van der Waals surface area contributed by atoms with Gasteiger partial charge in [-0.3, -0.25) is 14.9 Å². The lowest BCUT2D eigenvalue weighted by molar-refractivity contribution is -0.384. The molecule has 0 aliphatic heterocycles. The molecule has 0 bridgehead atoms. The standard InChI is InChI=1S/C13H9BrN2O4/c14-12-6-3-9(16(19)20)7-11(12)13(18)15-8-1-4-10(17)5-2-8/h1-7,17H,(H,15,18). The summed E-state index contributed by atoms with van der Waals surface area (Å²) in [6.45, 7) is 0. The minimum atomic E-state index is -0.566. The molecule has 0 spiro atoms. The van der Waals surface area contributed by atoms with Gasteiger partial charge in [-0.1, -0.05) is 0 Å². The smallest absolute Gasteiger partial charge is 0.270 e. The summed E-state index contributed by atoms with van der Waals surface area (Å²) in [5.41, 5.74) is 0.475. The van der Waals surface area contributed by atoms with E-state index in [-0.39, 0.29) is 17.0 Å². The number of benzene rings is 2. The van der Waals surface area contributed by atoms with E-state index in [1.54, 1.807) is 0 Å². The van der Waals surface area contributed by atoms with E-state index in [0.29, 0.717) is 10.2 Å². The van der Waals surface area contributed by atoms with E-state index < -0.39 is 10.8 Å². The molecular weight excluding hydrogens is 328 g/mol. The Morgan fingerprint density at radius 1 is 1.20 bits per heavy atom. The van der Waals surface area contributed by atoms with Crippen molar-refractivity contribution >= 4 is 33.2 Å². The lowest BCUT2D eigenvalue weighted by atomic mass is 10.2. The number of nitrogens with one attached hydrogen (secondary N) is 1. The minimum absolute atomic E-state index is 0.0829. The van der Waals surface area contributed by atoms with Gasteiger partial charge in [-0.15, -0.1) is 0 Å². The number of rotatable bonds is 3. The van der Waals surface area contributed by atoms with E-state index >= 15 is 0 Å². The van der Waals surface area contributed by atoms with Gasteiger partial charge in [0.05, 0.1) is 10.5 Å². The van der Waals surface area contributed by atoms with Gasteiger partial charge in [0.1, 0.15) is 5.75 Å². The summed E-state index contributed by atoms with van der Waals surface area (Å²) >= 11 is 3.18. The zero-order chi connectivity index (χ0) is 14.7. The number of anilines is 1. The molecular formula is C13H9BrN2O4. The number of halogens is 1. The fourth-order valence-corrected chi connectivity index (χ4v) is 1.97. The predicted molar refractivity (Wildman–Crippen MR) is 76.9 cm³/mol. The molecule has 0 unspecified atom stereocenters. The molecule has 0 aliphatic rings. The number of nitro groups is 1. The normalized spacial score (nSPS) is 10.1. The van der Waals surface area contributed by atoms with Gasteiger partial charge in [-0.2, -0.15) is 0 Å². The van der Waals surface area contributed by atoms with Gasteiger partial charge in [-0.25, -0.2) is 0 Å². The lowest BCUT2D eigenvalue weighted by Crippen LogP contribution is -2.12. The Morgan fingerprint density at radius 2 is 1.85 bits per heavy atom. The first-order chi connectivity index (χ1) is 9.47. The number of carbonyl (C=O) groups excluding carboxylic acids is 1. The Hall–Kier alpha value is -2.41. The van der Waals surface area contributed by atoms with E-state index in [4.69, 9.17) is 5.11 Å². The van der Waals surface area contributed by atoms with Gasteiger partial charge in [0, 0.05) is 22.3 Å². The van der Waals surface area contributed by atoms with E-state index in [1.807, 2.05) is 0 Å². The van der Waals surface area contributed by atoms with Crippen LogP contribution in [0.1, 0.15) is 10.4 Å². The van der Waals surface area contributed by atoms with Crippen LogP contribution in [0.25, 0.3) is 0 Å². The molecule has 6 nitrogen and oxygen atoms in total. The largest absolute Gasteiger partial charge is 0.508 e. The number of amides is 1. The maximum Gasteiger partial charge on any atom is 0.270 e. The van der Waals surface area contributed by atoms with Crippen molar-refractivity contribution < 1.29 is 14.8 Å². The van der Waals surface area contributed by atoms with Gasteiger partial charge >= 0.3 is 0 Å². The molecule has 2 aromatic carbocycles. The molecule has 0 saturated carbocycles. The molecule has 0 aliphatic carbocycles. The third-order valence-corrected chi connectivity index (χ3v) is 3.22. The molecule has 102 valence electrons. The Balaban J connectivity index is 2.26. The number of carbonyl (C=O) groups is 1. The van der Waals surface area contributed by atoms with Gasteiger partial charge < -0.3 is 10.4 Å². The van der Waals surface area contributed by atoms with Gasteiger partial charge in [0.15, 0.2) is 0 Å². The first kappa shape index (κ1) is 14.0. The van der Waals surface area contributed by atoms with Crippen molar-refractivity contribution in [3.05, 3.63) is 62.6 Å². The molecule has 1 amide bonds. The number of aromatic hydroxyl groups is 1. The zero-order valence-electron chi connectivity index (χ0n) is 10.0. The molecule has 2 N–H and O–H groups in total. The van der Waals surface area contributed by atoms with Gasteiger partial charge in [0.25, 0.3) is 11.6 Å². The van der Waals surface area contributed by atoms with E-state index in [0.717, 1.165) is 0 Å². The second-order valence-electron chi connectivity index (χ2n) is 3.92. The highest BCUT2D eigenvalue weighted by molar-refractivity contribution is 9.10. The first-order valence-electron chi connectivity index (χ1n) is 5.51. The van der Waals surface area contributed by atoms with Crippen LogP contribution in [-0.2, 0) is 0 Å². The number of phenolic OH excluding ortho intramolecular Hbond substituents is 1. The SMILES string of the molecule is O=C(Nc1ccc(O)cc1)c1cc([N+](=O)[O-])ccc1Br. The van der Waals surface area contributed by atoms with Crippen LogP contribution in [0.5, 0.6) is 5.75 Å². The summed E-state index contributed by atoms with van der Waals surface area (Å²) < 4.78 is 0.458. The van der Waals surface area contributed by atoms with Crippen LogP contribution in [0.4, 0.5) is 11.4 Å². The Bertz CT molecular complexity index is 671. The molecule has 20 heavy (non-hydrogen) atoms. The highest BCUT2D eigenvalue weighted by Crippen LogP contribution is 2.24. The van der Waals surface area contributed by atoms with Crippen LogP contribution < -0.4 is 5.32 Å². The van der Waals surface area contributed by atoms with Crippen LogP contribution in [0.3, 0.4) is 0 Å². The third kappa shape index (κ3) is 3.12. The van der Waals surface area contributed by atoms with Crippen LogP contribution in [0.15, 0.2) is 46.9 Å². The molecule has 7 heteroatoms. The van der Waals surface area contributed by atoms with Crippen molar-refractivity contribution in [2.75, 3.05) is 5.32 Å². The Kier molecular flexibility index (Phi) is 3.99. The highest BCUT2D eigenvalue weighted by Gasteiger charge is 2.15. The van der Waals surface area contributed by atoms with E-state index in [1.165, 1.54) is 42.5 Å². The summed E-state index contributed by atoms with van der Waals surface area (Å²) in [6.07, 6.45) is 0. The maximum atomic E-state index is 12.1. The average molecular weight is 337 g/mol. The third-order valence-electron chi connectivity index (χ3n) is 2.53. The van der Waals surface area contributed by atoms with Crippen LogP contribution in [0, 0.1) is 10.1 Å². The second-order valence-corrected chi connectivity index (χ2v) is 4.78. The molecule has 0 saturated heterocycles. The molecule has 2 aromatic rings. The van der Waals surface area contributed by atoms with Crippen molar-refractivity contribution in [1.82, 2.24) is 0 Å². The quantitative estimate of drug-likeness (QED) is 0.510. The number of phenols is 1. The molecule has 0 fully saturated rings. The fourth-order valence-electron chi connectivity index (χ4n) is 1.54. The number of non-ortho nitro benzene ring substituents is 1. The number of hydrogen-bond donors (Lipinski definition) is 2. The number of hydrogen-bond acceptors (Lipinski definition) is 4. The second kappa shape index (κ2) is 5.70. The Labute approximate surface area is 122 Å². The van der Waals surface area contributed by atoms with Crippen LogP contribution >= 0.6 is 15.9 Å². The van der Waals surface area contributed by atoms with Gasteiger partial charge in [-0.05, 0) is 46.3 Å². The van der Waals surface area contributed by atoms with E-state index in [9.17, 15) is 14.9 Å². The molecule has 0 radical (unpaired) electrons. The molecule has 0 aromatic heterocycles. The first-order valence-corrected chi connectivity index (χ1v) is 6.31. The molecule has 0 heterocycles. The van der Waals surface area contributed by atoms with Crippen LogP contribution in [0.2, 0.25) is 0 Å². The van der Waals surface area contributed by atoms with Crippen molar-refractivity contribution in [1.29, 1.82) is 0 Å². The van der Waals surface area contributed by atoms with Crippen molar-refractivity contribution in [3.8, 4) is 5.75 Å². The number of nitro benzene ring substituents is 1. The minimum Gasteiger partial charge on any atom is -0.508 e. The van der Waals surface area contributed by atoms with Crippen molar-refractivity contribution in [3.63, 3.8) is 0 Å². The monoisotopic (exact) mass is 336 g/mol. The topological polar surface area (TPSA) is 92.5 Å². The molecule has 0 atom stereocenters. The average Bonchev–Trinajstić information content (AvgIpc) is 2.41. The summed E-state index contributed by atoms with van der Waals surface area (Å²) in [5.74, 6) is -0.397. The summed E-state index contributed by atoms with van der Waals surface area (Å²) in [4.78, 5) is 22.2.